The molecule has 52 heavy (non-hydrogen) atoms. The molecule has 0 spiro atoms. The first-order chi connectivity index (χ1) is 23.8. The summed E-state index contributed by atoms with van der Waals surface area (Å²) >= 11 is 0. The molecule has 2 aliphatic rings. The van der Waals surface area contributed by atoms with Crippen LogP contribution in [0.2, 0.25) is 0 Å². The van der Waals surface area contributed by atoms with E-state index >= 15 is 0 Å². The van der Waals surface area contributed by atoms with Crippen molar-refractivity contribution in [2.75, 3.05) is 24.7 Å². The van der Waals surface area contributed by atoms with Crippen LogP contribution in [0.1, 0.15) is 12.5 Å². The molecule has 4 aromatic heterocycles. The molecule has 0 amide bonds. The second-order valence-corrected chi connectivity index (χ2v) is 15.4. The van der Waals surface area contributed by atoms with Gasteiger partial charge in [0.25, 0.3) is 11.1 Å². The van der Waals surface area contributed by atoms with Gasteiger partial charge >= 0.3 is 53.0 Å². The summed E-state index contributed by atoms with van der Waals surface area (Å²) in [6.07, 6.45) is -11.7. The number of H-pyrrole nitrogens is 2. The fourth-order valence-electron chi connectivity index (χ4n) is 5.14. The van der Waals surface area contributed by atoms with Gasteiger partial charge in [-0.25, -0.2) is 23.7 Å². The number of anilines is 2. The van der Waals surface area contributed by atoms with Gasteiger partial charge in [0.15, 0.2) is 34.8 Å². The molecule has 28 nitrogen and oxygen atoms in total. The zero-order valence-corrected chi connectivity index (χ0v) is 27.7. The van der Waals surface area contributed by atoms with Crippen molar-refractivity contribution in [1.82, 2.24) is 39.0 Å². The van der Waals surface area contributed by atoms with Gasteiger partial charge in [0.2, 0.25) is 11.9 Å². The molecule has 2 aliphatic heterocycles. The molecule has 9 atom stereocenters. The van der Waals surface area contributed by atoms with Crippen LogP contribution in [0.5, 0.6) is 0 Å². The summed E-state index contributed by atoms with van der Waals surface area (Å²) in [6.45, 7) is -2.21. The molecule has 13 N–H and O–H groups in total. The Labute approximate surface area is 308 Å². The van der Waals surface area contributed by atoms with Gasteiger partial charge in [-0.2, -0.15) is 18.6 Å². The summed E-state index contributed by atoms with van der Waals surface area (Å²) in [4.78, 5) is 72.2. The van der Waals surface area contributed by atoms with Gasteiger partial charge in [0, 0.05) is 0 Å². The SMILES string of the molecule is Nc1nc2c(ncn2[C@@H]2O[C@H](COP(=O)(OC[C@H]3O[C@@H](n4cnc5c(=O)[nH]c(N)nc54)C(O)C3O)OP(=O)(O)OP(=O)(O)O)C(O)C2O)c(=O)[nH]1.[NaH]. The zero-order valence-electron chi connectivity index (χ0n) is 25.0. The number of phosphoric acid groups is 3. The summed E-state index contributed by atoms with van der Waals surface area (Å²) in [5.41, 5.74) is 8.89. The van der Waals surface area contributed by atoms with Crippen LogP contribution in [-0.4, -0.2) is 154 Å². The van der Waals surface area contributed by atoms with Crippen LogP contribution in [0.4, 0.5) is 11.9 Å². The van der Waals surface area contributed by atoms with Crippen molar-refractivity contribution in [2.24, 2.45) is 0 Å². The Morgan fingerprint density at radius 3 is 1.52 bits per heavy atom. The van der Waals surface area contributed by atoms with Gasteiger partial charge in [-0.05, 0) is 0 Å². The number of ether oxygens (including phenoxy) is 2. The van der Waals surface area contributed by atoms with Gasteiger partial charge < -0.3 is 56.0 Å². The van der Waals surface area contributed by atoms with E-state index in [9.17, 15) is 48.6 Å². The van der Waals surface area contributed by atoms with Gasteiger partial charge in [0.1, 0.15) is 36.6 Å². The van der Waals surface area contributed by atoms with Crippen LogP contribution in [0.25, 0.3) is 22.3 Å². The van der Waals surface area contributed by atoms with Crippen LogP contribution in [0.15, 0.2) is 22.2 Å². The van der Waals surface area contributed by atoms with Crippen LogP contribution in [0, 0.1) is 0 Å². The number of nitrogens with one attached hydrogen (secondary N) is 2. The quantitative estimate of drug-likeness (QED) is 0.0473. The van der Waals surface area contributed by atoms with E-state index in [1.807, 2.05) is 0 Å². The van der Waals surface area contributed by atoms with Crippen LogP contribution in [-0.2, 0) is 40.8 Å². The van der Waals surface area contributed by atoms with Crippen molar-refractivity contribution >= 4 is 87.2 Å². The van der Waals surface area contributed by atoms with Crippen molar-refractivity contribution in [3.8, 4) is 0 Å². The number of imidazole rings is 2. The molecule has 0 aromatic carbocycles. The Bertz CT molecular complexity index is 2100. The molecule has 0 bridgehead atoms. The predicted octanol–water partition coefficient (Wildman–Crippen LogP) is -4.63. The summed E-state index contributed by atoms with van der Waals surface area (Å²) in [5, 5.41) is 42.7. The predicted molar refractivity (Wildman–Crippen MR) is 168 cm³/mol. The Kier molecular flexibility index (Phi) is 11.7. The molecule has 282 valence electrons. The van der Waals surface area contributed by atoms with Crippen LogP contribution >= 0.6 is 23.5 Å². The number of nitrogen functional groups attached to an aromatic ring is 2. The molecule has 0 saturated carbocycles. The van der Waals surface area contributed by atoms with Crippen molar-refractivity contribution in [3.05, 3.63) is 33.4 Å². The van der Waals surface area contributed by atoms with E-state index in [-0.39, 0.29) is 63.8 Å². The molecule has 6 rings (SSSR count). The third-order valence-electron chi connectivity index (χ3n) is 7.33. The number of aromatic nitrogens is 8. The number of rotatable bonds is 12. The first-order valence-corrected chi connectivity index (χ1v) is 18.4. The minimum atomic E-state index is -6.00. The van der Waals surface area contributed by atoms with Crippen molar-refractivity contribution in [3.63, 3.8) is 0 Å². The van der Waals surface area contributed by atoms with Gasteiger partial charge in [0.05, 0.1) is 25.9 Å². The Hall–Kier alpha value is -2.53. The number of fused-ring (bicyclic) bond motifs is 2. The van der Waals surface area contributed by atoms with Gasteiger partial charge in [-0.15, -0.1) is 0 Å². The number of aliphatic hydroxyl groups excluding tert-OH is 4. The maximum absolute atomic E-state index is 13.6. The van der Waals surface area contributed by atoms with Crippen molar-refractivity contribution in [2.45, 2.75) is 49.1 Å². The molecule has 2 fully saturated rings. The molecular formula is C20H28N10NaO18P3. The summed E-state index contributed by atoms with van der Waals surface area (Å²) in [6, 6.07) is 0. The monoisotopic (exact) mass is 812 g/mol. The Morgan fingerprint density at radius 1 is 0.731 bits per heavy atom. The van der Waals surface area contributed by atoms with E-state index in [2.05, 4.69) is 38.5 Å². The molecule has 4 aromatic rings. The van der Waals surface area contributed by atoms with E-state index < -0.39 is 96.9 Å². The third-order valence-corrected chi connectivity index (χ3v) is 11.6. The number of hydrogen-bond donors (Lipinski definition) is 11. The number of aromatic amines is 2. The van der Waals surface area contributed by atoms with Crippen LogP contribution < -0.4 is 22.6 Å². The average Bonchev–Trinajstić information content (AvgIpc) is 3.75. The molecule has 5 unspecified atom stereocenters. The second kappa shape index (κ2) is 15.0. The zero-order chi connectivity index (χ0) is 37.2. The first-order valence-electron chi connectivity index (χ1n) is 13.9. The Morgan fingerprint density at radius 2 is 1.13 bits per heavy atom. The molecular weight excluding hydrogens is 784 g/mol. The summed E-state index contributed by atoms with van der Waals surface area (Å²) < 4.78 is 68.6. The van der Waals surface area contributed by atoms with E-state index in [1.165, 1.54) is 0 Å². The number of hydrogen-bond acceptors (Lipinski definition) is 21. The fourth-order valence-corrected chi connectivity index (χ4v) is 8.73. The van der Waals surface area contributed by atoms with Crippen molar-refractivity contribution in [1.29, 1.82) is 0 Å². The van der Waals surface area contributed by atoms with Crippen LogP contribution in [0.3, 0.4) is 0 Å². The fraction of sp³-hybridized carbons (Fsp3) is 0.500. The second-order valence-electron chi connectivity index (χ2n) is 10.8. The standard InChI is InChI=1S/C20H27N10O18P3.Na.H/c21-19-25-13-7(15(35)27-19)23-3-29(13)17-11(33)9(31)5(45-17)1-43-51(42,48-50(40,41)47-49(37,38)39)44-2-6-10(32)12(34)18(46-6)30-4-24-8-14(30)26-20(22)28-16(8)36;;/h3-6,9-12,17-18,31-34H,1-2H2,(H,40,41)(H2,37,38,39)(H3,21,25,27,35)(H3,22,26,28,36);;/t5-,6-,9?,10?,11?,12?,17-,18-,51?;;/m1../s1. The summed E-state index contributed by atoms with van der Waals surface area (Å²) in [7, 11) is -17.4. The topological polar surface area (TPSA) is 427 Å². The number of phosphoric ester groups is 1. The molecule has 2 saturated heterocycles. The number of aliphatic hydroxyl groups is 4. The third kappa shape index (κ3) is 8.25. The van der Waals surface area contributed by atoms with Gasteiger partial charge in [-0.1, -0.05) is 0 Å². The molecule has 0 aliphatic carbocycles. The molecule has 6 heterocycles. The van der Waals surface area contributed by atoms with Gasteiger partial charge in [-0.3, -0.25) is 37.7 Å². The van der Waals surface area contributed by atoms with E-state index in [4.69, 9.17) is 39.8 Å². The average molecular weight is 812 g/mol. The molecule has 32 heteroatoms. The Balaban J connectivity index is 0.00000523. The number of nitrogens with zero attached hydrogens (tertiary/aromatic N) is 6. The first kappa shape index (κ1) is 40.7. The maximum atomic E-state index is 13.6. The number of nitrogens with two attached hydrogens (primary N) is 2. The van der Waals surface area contributed by atoms with Crippen molar-refractivity contribution < 1.29 is 75.9 Å². The summed E-state index contributed by atoms with van der Waals surface area (Å²) in [5.74, 6) is -0.651. The van der Waals surface area contributed by atoms with E-state index in [1.54, 1.807) is 0 Å². The minimum absolute atomic E-state index is 0. The normalized spacial score (nSPS) is 28.9. The van der Waals surface area contributed by atoms with E-state index in [0.29, 0.717) is 0 Å². The van der Waals surface area contributed by atoms with E-state index in [0.717, 1.165) is 21.8 Å². The molecule has 0 radical (unpaired) electrons.